The molecule has 14 heteroatoms. The van der Waals surface area contributed by atoms with Crippen molar-refractivity contribution < 1.29 is 31.1 Å². The van der Waals surface area contributed by atoms with Crippen LogP contribution in [0.25, 0.3) is 16.3 Å². The van der Waals surface area contributed by atoms with Crippen LogP contribution in [0.3, 0.4) is 0 Å². The maximum Gasteiger partial charge on any atom is 0.326 e. The second kappa shape index (κ2) is 7.76. The summed E-state index contributed by atoms with van der Waals surface area (Å²) in [6.45, 7) is 1.12. The van der Waals surface area contributed by atoms with Crippen molar-refractivity contribution >= 4 is 48.2 Å². The Labute approximate surface area is 200 Å². The van der Waals surface area contributed by atoms with Crippen molar-refractivity contribution in [2.24, 2.45) is 7.05 Å². The predicted octanol–water partition coefficient (Wildman–Crippen LogP) is 0.995. The number of sulfonamides is 1. The number of aromatic hydroxyl groups is 1. The van der Waals surface area contributed by atoms with Crippen LogP contribution in [0.15, 0.2) is 41.4 Å². The van der Waals surface area contributed by atoms with Gasteiger partial charge in [0, 0.05) is 31.7 Å². The lowest BCUT2D eigenvalue weighted by atomic mass is 10.0. The van der Waals surface area contributed by atoms with Crippen LogP contribution < -0.4 is 9.03 Å². The number of aryl methyl sites for hydroxylation is 2. The molecule has 1 fully saturated rings. The van der Waals surface area contributed by atoms with Crippen LogP contribution >= 0.6 is 0 Å². The Bertz CT molecular complexity index is 1660. The van der Waals surface area contributed by atoms with Gasteiger partial charge in [-0.05, 0) is 35.6 Å². The number of hydrogen-bond donors (Lipinski definition) is 2. The Kier molecular flexibility index (Phi) is 5.16. The van der Waals surface area contributed by atoms with Gasteiger partial charge in [0.15, 0.2) is 5.82 Å². The zero-order chi connectivity index (χ0) is 25.3. The molecule has 1 aromatic heterocycles. The van der Waals surface area contributed by atoms with Crippen LogP contribution in [-0.2, 0) is 32.1 Å². The highest BCUT2D eigenvalue weighted by Gasteiger charge is 2.38. The van der Waals surface area contributed by atoms with Gasteiger partial charge >= 0.3 is 10.2 Å². The summed E-state index contributed by atoms with van der Waals surface area (Å²) in [5, 5.41) is 14.7. The highest BCUT2D eigenvalue weighted by Crippen LogP contribution is 2.39. The molecule has 184 valence electrons. The number of hydrogen-bond acceptors (Lipinski definition) is 7. The number of nitrogens with zero attached hydrogens (tertiary/aromatic N) is 4. The summed E-state index contributed by atoms with van der Waals surface area (Å²) in [4.78, 5) is 11.7. The van der Waals surface area contributed by atoms with Gasteiger partial charge in [-0.3, -0.25) is 9.48 Å². The molecule has 0 unspecified atom stereocenters. The number of carbonyl (C=O) groups excluding carboxylic acids is 1. The summed E-state index contributed by atoms with van der Waals surface area (Å²) in [6, 6.07) is 5.88. The number of anilines is 1. The van der Waals surface area contributed by atoms with Gasteiger partial charge < -0.3 is 5.11 Å². The zero-order valence-electron chi connectivity index (χ0n) is 18.6. The average molecular weight is 522 g/mol. The second-order valence-corrected chi connectivity index (χ2v) is 11.8. The number of carbonyl (C=O) groups is 1. The molecule has 2 aromatic carbocycles. The summed E-state index contributed by atoms with van der Waals surface area (Å²) < 4.78 is 71.0. The standard InChI is InChI=1S/C21H20FN5O6S2/c1-12-18(10-25(2)23-12)34(30,31)26-6-5-15(9-26)13-3-4-14-8-17(28)21(20(22)16(14)7-13)27-11-19(29)24-35(27,32)33/h3-5,7-8,10,28H,6,9,11H2,1-2H3,(H,24,29). The van der Waals surface area contributed by atoms with E-state index in [0.717, 1.165) is 0 Å². The van der Waals surface area contributed by atoms with Gasteiger partial charge in [0.2, 0.25) is 10.0 Å². The van der Waals surface area contributed by atoms with Crippen LogP contribution in [0.4, 0.5) is 10.1 Å². The molecular weight excluding hydrogens is 501 g/mol. The molecular formula is C21H20FN5O6S2. The van der Waals surface area contributed by atoms with Crippen molar-refractivity contribution in [3.8, 4) is 5.75 Å². The number of fused-ring (bicyclic) bond motifs is 1. The average Bonchev–Trinajstić information content (AvgIpc) is 3.45. The van der Waals surface area contributed by atoms with Gasteiger partial charge in [0.25, 0.3) is 5.91 Å². The number of rotatable bonds is 4. The molecule has 0 radical (unpaired) electrons. The molecule has 3 heterocycles. The molecule has 35 heavy (non-hydrogen) atoms. The third-order valence-corrected chi connectivity index (χ3v) is 9.24. The van der Waals surface area contributed by atoms with E-state index < -0.39 is 49.9 Å². The number of amides is 1. The first-order chi connectivity index (χ1) is 16.4. The largest absolute Gasteiger partial charge is 0.506 e. The Hall–Kier alpha value is -3.49. The Morgan fingerprint density at radius 2 is 1.94 bits per heavy atom. The van der Waals surface area contributed by atoms with Crippen molar-refractivity contribution in [3.05, 3.63) is 53.6 Å². The van der Waals surface area contributed by atoms with Gasteiger partial charge in [0.05, 0.1) is 5.69 Å². The van der Waals surface area contributed by atoms with E-state index in [1.54, 1.807) is 36.9 Å². The minimum absolute atomic E-state index is 0.00941. The third-order valence-electron chi connectivity index (χ3n) is 5.95. The topological polar surface area (TPSA) is 142 Å². The number of phenolic OH excluding ortho intramolecular Hbond substituents is 1. The molecule has 0 spiro atoms. The lowest BCUT2D eigenvalue weighted by Crippen LogP contribution is -2.30. The fraction of sp³-hybridized carbons (Fsp3) is 0.238. The number of aromatic nitrogens is 2. The monoisotopic (exact) mass is 521 g/mol. The van der Waals surface area contributed by atoms with E-state index in [1.807, 2.05) is 0 Å². The summed E-state index contributed by atoms with van der Waals surface area (Å²) in [5.74, 6) is -2.50. The number of halogens is 1. The first-order valence-corrected chi connectivity index (χ1v) is 13.2. The van der Waals surface area contributed by atoms with Gasteiger partial charge in [-0.25, -0.2) is 21.8 Å². The van der Waals surface area contributed by atoms with Gasteiger partial charge in [0.1, 0.15) is 22.9 Å². The molecule has 2 N–H and O–H groups in total. The molecule has 1 saturated heterocycles. The highest BCUT2D eigenvalue weighted by molar-refractivity contribution is 7.92. The summed E-state index contributed by atoms with van der Waals surface area (Å²) in [7, 11) is -6.51. The lowest BCUT2D eigenvalue weighted by molar-refractivity contribution is -0.117. The molecule has 11 nitrogen and oxygen atoms in total. The maximum absolute atomic E-state index is 15.5. The normalized spacial score (nSPS) is 18.3. The van der Waals surface area contributed by atoms with Crippen molar-refractivity contribution in [2.45, 2.75) is 11.8 Å². The Morgan fingerprint density at radius 3 is 2.57 bits per heavy atom. The van der Waals surface area contributed by atoms with Gasteiger partial charge in [-0.15, -0.1) is 0 Å². The molecule has 0 atom stereocenters. The smallest absolute Gasteiger partial charge is 0.326 e. The number of benzene rings is 2. The van der Waals surface area contributed by atoms with Crippen LogP contribution in [0.5, 0.6) is 5.75 Å². The van der Waals surface area contributed by atoms with E-state index in [2.05, 4.69) is 5.10 Å². The van der Waals surface area contributed by atoms with Crippen molar-refractivity contribution in [1.29, 1.82) is 0 Å². The third kappa shape index (κ3) is 3.73. The molecule has 0 bridgehead atoms. The summed E-state index contributed by atoms with van der Waals surface area (Å²) >= 11 is 0. The first-order valence-electron chi connectivity index (χ1n) is 10.4. The van der Waals surface area contributed by atoms with Crippen LogP contribution in [-0.4, -0.2) is 61.6 Å². The number of phenols is 1. The second-order valence-electron chi connectivity index (χ2n) is 8.31. The van der Waals surface area contributed by atoms with E-state index in [9.17, 15) is 26.7 Å². The quantitative estimate of drug-likeness (QED) is 0.522. The Balaban J connectivity index is 1.51. The summed E-state index contributed by atoms with van der Waals surface area (Å²) in [6.07, 6.45) is 3.16. The van der Waals surface area contributed by atoms with E-state index >= 15 is 4.39 Å². The molecule has 1 amide bonds. The van der Waals surface area contributed by atoms with Gasteiger partial charge in [-0.2, -0.15) is 17.8 Å². The van der Waals surface area contributed by atoms with E-state index in [1.165, 1.54) is 27.3 Å². The molecule has 0 aliphatic carbocycles. The van der Waals surface area contributed by atoms with Crippen molar-refractivity contribution in [2.75, 3.05) is 23.9 Å². The molecule has 0 saturated carbocycles. The zero-order valence-corrected chi connectivity index (χ0v) is 20.2. The van der Waals surface area contributed by atoms with Crippen molar-refractivity contribution in [3.63, 3.8) is 0 Å². The first kappa shape index (κ1) is 23.3. The fourth-order valence-corrected chi connectivity index (χ4v) is 7.03. The lowest BCUT2D eigenvalue weighted by Gasteiger charge is -2.19. The van der Waals surface area contributed by atoms with Crippen LogP contribution in [0, 0.1) is 12.7 Å². The minimum Gasteiger partial charge on any atom is -0.506 e. The minimum atomic E-state index is -4.34. The van der Waals surface area contributed by atoms with E-state index in [-0.39, 0.29) is 23.4 Å². The van der Waals surface area contributed by atoms with Crippen molar-refractivity contribution in [1.82, 2.24) is 18.8 Å². The molecule has 2 aliphatic heterocycles. The molecule has 5 rings (SSSR count). The SMILES string of the molecule is Cc1nn(C)cc1S(=O)(=O)N1CC=C(c2ccc3cc(O)c(N4CC(=O)NS4(=O)=O)c(F)c3c2)C1. The molecule has 2 aliphatic rings. The van der Waals surface area contributed by atoms with E-state index in [0.29, 0.717) is 26.5 Å². The summed E-state index contributed by atoms with van der Waals surface area (Å²) in [5.41, 5.74) is 0.916. The number of nitrogens with one attached hydrogen (secondary N) is 1. The fourth-order valence-electron chi connectivity index (χ4n) is 4.30. The Morgan fingerprint density at radius 1 is 1.20 bits per heavy atom. The molecule has 3 aromatic rings. The van der Waals surface area contributed by atoms with Crippen LogP contribution in [0.1, 0.15) is 11.3 Å². The van der Waals surface area contributed by atoms with Gasteiger partial charge in [-0.1, -0.05) is 18.2 Å². The predicted molar refractivity (Wildman–Crippen MR) is 125 cm³/mol. The van der Waals surface area contributed by atoms with E-state index in [4.69, 9.17) is 0 Å². The maximum atomic E-state index is 15.5. The highest BCUT2D eigenvalue weighted by atomic mass is 32.2. The van der Waals surface area contributed by atoms with Crippen LogP contribution in [0.2, 0.25) is 0 Å².